The number of hydrogen-bond acceptors (Lipinski definition) is 8. The molecular formula is C32H32ClN7O3. The first-order valence-corrected chi connectivity index (χ1v) is 14.9. The number of ether oxygens (including phenoxy) is 1. The molecule has 0 radical (unpaired) electrons. The molecule has 11 heteroatoms. The van der Waals surface area contributed by atoms with E-state index in [2.05, 4.69) is 26.4 Å². The lowest BCUT2D eigenvalue weighted by Crippen LogP contribution is -2.69. The Hall–Kier alpha value is -4.20. The van der Waals surface area contributed by atoms with E-state index in [1.165, 1.54) is 6.20 Å². The number of carbonyl (C=O) groups is 1. The van der Waals surface area contributed by atoms with Crippen LogP contribution in [0.3, 0.4) is 0 Å². The number of fused-ring (bicyclic) bond motifs is 1. The van der Waals surface area contributed by atoms with Gasteiger partial charge in [0, 0.05) is 41.1 Å². The van der Waals surface area contributed by atoms with Gasteiger partial charge in [-0.05, 0) is 82.2 Å². The second-order valence-electron chi connectivity index (χ2n) is 12.8. The van der Waals surface area contributed by atoms with Crippen LogP contribution in [-0.4, -0.2) is 60.4 Å². The number of nitriles is 1. The van der Waals surface area contributed by atoms with Gasteiger partial charge in [-0.15, -0.1) is 0 Å². The molecule has 4 aromatic heterocycles. The van der Waals surface area contributed by atoms with Gasteiger partial charge in [0.25, 0.3) is 5.91 Å². The summed E-state index contributed by atoms with van der Waals surface area (Å²) in [5.74, 6) is 1.79. The minimum Gasteiger partial charge on any atom is -0.489 e. The molecule has 2 unspecified atom stereocenters. The Labute approximate surface area is 254 Å². The van der Waals surface area contributed by atoms with Gasteiger partial charge in [0.05, 0.1) is 34.1 Å². The van der Waals surface area contributed by atoms with Crippen LogP contribution >= 0.6 is 11.6 Å². The lowest BCUT2D eigenvalue weighted by atomic mass is 9.59. The highest BCUT2D eigenvalue weighted by molar-refractivity contribution is 6.33. The maximum absolute atomic E-state index is 13.2. The van der Waals surface area contributed by atoms with Gasteiger partial charge < -0.3 is 20.1 Å². The van der Waals surface area contributed by atoms with Crippen molar-refractivity contribution in [3.8, 4) is 22.9 Å². The van der Waals surface area contributed by atoms with Gasteiger partial charge in [-0.2, -0.15) is 10.4 Å². The van der Waals surface area contributed by atoms with E-state index in [1.807, 2.05) is 24.4 Å². The first kappa shape index (κ1) is 27.6. The van der Waals surface area contributed by atoms with E-state index in [1.54, 1.807) is 42.9 Å². The second-order valence-corrected chi connectivity index (χ2v) is 13.2. The molecule has 4 aliphatic rings. The summed E-state index contributed by atoms with van der Waals surface area (Å²) in [7, 11) is 0. The number of aliphatic hydroxyl groups is 1. The first-order valence-electron chi connectivity index (χ1n) is 14.6. The Kier molecular flexibility index (Phi) is 6.56. The van der Waals surface area contributed by atoms with E-state index >= 15 is 0 Å². The number of nitrogens with one attached hydrogen (secondary N) is 1. The van der Waals surface area contributed by atoms with Gasteiger partial charge in [0.15, 0.2) is 0 Å². The van der Waals surface area contributed by atoms with Gasteiger partial charge in [-0.1, -0.05) is 11.6 Å². The van der Waals surface area contributed by atoms with Crippen LogP contribution in [0.25, 0.3) is 16.6 Å². The molecule has 1 amide bonds. The lowest BCUT2D eigenvalue weighted by molar-refractivity contribution is 0.0283. The van der Waals surface area contributed by atoms with Crippen LogP contribution in [0, 0.1) is 17.2 Å². The molecule has 2 saturated carbocycles. The molecule has 4 fully saturated rings. The average molecular weight is 598 g/mol. The van der Waals surface area contributed by atoms with E-state index in [0.29, 0.717) is 27.8 Å². The monoisotopic (exact) mass is 597 g/mol. The molecule has 4 bridgehead atoms. The standard InChI is InChI=1S/C32H32ClN7O3/c1-31(2,42)18-43-24-10-25(29-21(14-34)16-37-39(29)17-24)20-5-6-27(36-15-20)40-22-8-19-9-23(40)13-32(11-19,12-22)38-30(41)28-26(33)4-3-7-35-28/h3-7,10,15-17,19,22-23,42H,8-9,11-13,18H2,1-2H3,(H,38,41)/t19?,22-,23+,32?. The van der Waals surface area contributed by atoms with Crippen molar-refractivity contribution in [1.82, 2.24) is 24.9 Å². The maximum Gasteiger partial charge on any atom is 0.271 e. The van der Waals surface area contributed by atoms with Crippen molar-refractivity contribution in [2.24, 2.45) is 5.92 Å². The molecule has 220 valence electrons. The number of halogens is 1. The summed E-state index contributed by atoms with van der Waals surface area (Å²) < 4.78 is 7.51. The van der Waals surface area contributed by atoms with Gasteiger partial charge in [0.2, 0.25) is 0 Å². The number of carbonyl (C=O) groups excluding carboxylic acids is 1. The Morgan fingerprint density at radius 3 is 2.67 bits per heavy atom. The highest BCUT2D eigenvalue weighted by atomic mass is 35.5. The molecule has 2 aliphatic heterocycles. The predicted octanol–water partition coefficient (Wildman–Crippen LogP) is 4.79. The fraction of sp³-hybridized carbons (Fsp3) is 0.406. The zero-order valence-electron chi connectivity index (χ0n) is 24.0. The van der Waals surface area contributed by atoms with Crippen LogP contribution in [0.1, 0.15) is 62.0 Å². The smallest absolute Gasteiger partial charge is 0.271 e. The molecule has 4 aromatic rings. The lowest BCUT2D eigenvalue weighted by Gasteiger charge is -2.62. The first-order chi connectivity index (χ1) is 20.6. The molecular weight excluding hydrogens is 566 g/mol. The molecule has 10 nitrogen and oxygen atoms in total. The zero-order valence-corrected chi connectivity index (χ0v) is 24.8. The average Bonchev–Trinajstić information content (AvgIpc) is 3.38. The minimum absolute atomic E-state index is 0.108. The molecule has 8 rings (SSSR count). The number of nitrogens with zero attached hydrogens (tertiary/aromatic N) is 6. The van der Waals surface area contributed by atoms with Crippen LogP contribution in [0.5, 0.6) is 5.75 Å². The normalized spacial score (nSPS) is 24.3. The van der Waals surface area contributed by atoms with Crippen molar-refractivity contribution in [3.05, 3.63) is 71.4 Å². The van der Waals surface area contributed by atoms with Crippen LogP contribution in [-0.2, 0) is 0 Å². The summed E-state index contributed by atoms with van der Waals surface area (Å²) in [6, 6.07) is 12.1. The van der Waals surface area contributed by atoms with Gasteiger partial charge in [-0.25, -0.2) is 14.5 Å². The third kappa shape index (κ3) is 5.07. The molecule has 2 N–H and O–H groups in total. The summed E-state index contributed by atoms with van der Waals surface area (Å²) in [6.07, 6.45) is 11.5. The van der Waals surface area contributed by atoms with Crippen LogP contribution in [0.2, 0.25) is 5.02 Å². The summed E-state index contributed by atoms with van der Waals surface area (Å²) in [6.45, 7) is 3.47. The number of aromatic nitrogens is 4. The van der Waals surface area contributed by atoms with Crippen LogP contribution in [0.4, 0.5) is 5.82 Å². The quantitative estimate of drug-likeness (QED) is 0.311. The van der Waals surface area contributed by atoms with Crippen LogP contribution in [0.15, 0.2) is 55.1 Å². The fourth-order valence-corrected chi connectivity index (χ4v) is 7.65. The van der Waals surface area contributed by atoms with E-state index in [0.717, 1.165) is 49.0 Å². The van der Waals surface area contributed by atoms with E-state index < -0.39 is 5.60 Å². The molecule has 2 aliphatic carbocycles. The number of amides is 1. The Balaban J connectivity index is 1.15. The third-order valence-corrected chi connectivity index (χ3v) is 9.21. The van der Waals surface area contributed by atoms with Crippen molar-refractivity contribution >= 4 is 28.8 Å². The van der Waals surface area contributed by atoms with Crippen molar-refractivity contribution in [2.45, 2.75) is 69.2 Å². The fourth-order valence-electron chi connectivity index (χ4n) is 7.44. The SMILES string of the molecule is CC(C)(O)COc1cc(-c2ccc(N3[C@@H]4CC5C[C@H]3CC(NC(=O)c3ncccc3Cl)(C5)C4)nc2)c2c(C#N)cnn2c1. The number of anilines is 1. The Morgan fingerprint density at radius 1 is 1.21 bits per heavy atom. The maximum atomic E-state index is 13.2. The molecule has 2 saturated heterocycles. The molecule has 0 spiro atoms. The molecule has 43 heavy (non-hydrogen) atoms. The van der Waals surface area contributed by atoms with Gasteiger partial charge in [-0.3, -0.25) is 4.79 Å². The number of hydrogen-bond donors (Lipinski definition) is 2. The Morgan fingerprint density at radius 2 is 2.00 bits per heavy atom. The summed E-state index contributed by atoms with van der Waals surface area (Å²) in [5.41, 5.74) is 1.74. The summed E-state index contributed by atoms with van der Waals surface area (Å²) in [4.78, 5) is 24.8. The highest BCUT2D eigenvalue weighted by Crippen LogP contribution is 2.52. The van der Waals surface area contributed by atoms with E-state index in [-0.39, 0.29) is 35.8 Å². The largest absolute Gasteiger partial charge is 0.489 e. The van der Waals surface area contributed by atoms with Crippen LogP contribution < -0.4 is 15.0 Å². The summed E-state index contributed by atoms with van der Waals surface area (Å²) >= 11 is 6.27. The van der Waals surface area contributed by atoms with Crippen molar-refractivity contribution < 1.29 is 14.6 Å². The molecule has 6 heterocycles. The molecule has 4 atom stereocenters. The molecule has 0 aromatic carbocycles. The highest BCUT2D eigenvalue weighted by Gasteiger charge is 2.55. The van der Waals surface area contributed by atoms with E-state index in [9.17, 15) is 15.2 Å². The van der Waals surface area contributed by atoms with E-state index in [4.69, 9.17) is 21.3 Å². The van der Waals surface area contributed by atoms with Crippen molar-refractivity contribution in [3.63, 3.8) is 0 Å². The zero-order chi connectivity index (χ0) is 29.9. The minimum atomic E-state index is -1.000. The number of pyridine rings is 3. The third-order valence-electron chi connectivity index (χ3n) is 8.90. The predicted molar refractivity (Wildman–Crippen MR) is 161 cm³/mol. The summed E-state index contributed by atoms with van der Waals surface area (Å²) in [5, 5.41) is 27.9. The number of piperidine rings is 2. The second kappa shape index (κ2) is 10.2. The van der Waals surface area contributed by atoms with Gasteiger partial charge >= 0.3 is 0 Å². The Bertz CT molecular complexity index is 1740. The van der Waals surface area contributed by atoms with Crippen molar-refractivity contribution in [1.29, 1.82) is 5.26 Å². The number of rotatable bonds is 7. The van der Waals surface area contributed by atoms with Crippen molar-refractivity contribution in [2.75, 3.05) is 11.5 Å². The van der Waals surface area contributed by atoms with Gasteiger partial charge in [0.1, 0.15) is 29.9 Å². The topological polar surface area (TPSA) is 129 Å².